The molecule has 1 N–H and O–H groups in total. The summed E-state index contributed by atoms with van der Waals surface area (Å²) < 4.78 is 5.28. The summed E-state index contributed by atoms with van der Waals surface area (Å²) in [7, 11) is 2.10. The summed E-state index contributed by atoms with van der Waals surface area (Å²) >= 11 is 0. The lowest BCUT2D eigenvalue weighted by Gasteiger charge is -2.45. The maximum Gasteiger partial charge on any atom is 0.338 e. The molecule has 3 atom stereocenters. The summed E-state index contributed by atoms with van der Waals surface area (Å²) in [5.41, 5.74) is 4.26. The molecule has 148 valence electrons. The summed E-state index contributed by atoms with van der Waals surface area (Å²) in [6.07, 6.45) is 6.98. The third-order valence-corrected chi connectivity index (χ3v) is 6.44. The van der Waals surface area contributed by atoms with E-state index in [9.17, 15) is 9.59 Å². The van der Waals surface area contributed by atoms with Crippen LogP contribution in [0.4, 0.5) is 0 Å². The summed E-state index contributed by atoms with van der Waals surface area (Å²) in [4.78, 5) is 34.6. The number of ketones is 1. The second-order valence-electron chi connectivity index (χ2n) is 8.11. The molecule has 0 spiro atoms. The van der Waals surface area contributed by atoms with Crippen LogP contribution in [0.15, 0.2) is 48.9 Å². The van der Waals surface area contributed by atoms with E-state index in [2.05, 4.69) is 46.3 Å². The number of ether oxygens (including phenoxy) is 1. The van der Waals surface area contributed by atoms with Gasteiger partial charge in [0, 0.05) is 53.9 Å². The number of piperidine rings is 1. The molecule has 0 bridgehead atoms. The number of benzene rings is 1. The largest absolute Gasteiger partial charge is 0.454 e. The van der Waals surface area contributed by atoms with Gasteiger partial charge in [-0.1, -0.05) is 12.1 Å². The number of nitrogens with one attached hydrogen (secondary N) is 1. The average Bonchev–Trinajstić information content (AvgIpc) is 3.17. The van der Waals surface area contributed by atoms with E-state index in [1.54, 1.807) is 12.1 Å². The molecule has 2 aromatic heterocycles. The minimum Gasteiger partial charge on any atom is -0.454 e. The lowest BCUT2D eigenvalue weighted by molar-refractivity contribution is -0.128. The Morgan fingerprint density at radius 2 is 2.07 bits per heavy atom. The van der Waals surface area contributed by atoms with Crippen LogP contribution in [-0.2, 0) is 16.0 Å². The topological polar surface area (TPSA) is 75.3 Å². The number of likely N-dealkylation sites (tertiary alicyclic amines) is 1. The number of H-pyrrole nitrogens is 1. The van der Waals surface area contributed by atoms with Crippen LogP contribution in [0.2, 0.25) is 0 Å². The molecule has 1 aromatic carbocycles. The second kappa shape index (κ2) is 7.12. The van der Waals surface area contributed by atoms with Crippen molar-refractivity contribution in [2.45, 2.75) is 24.8 Å². The van der Waals surface area contributed by atoms with E-state index in [0.717, 1.165) is 12.8 Å². The number of carbonyl (C=O) groups is 2. The average molecular weight is 389 g/mol. The number of carbonyl (C=O) groups excluding carboxylic acids is 2. The second-order valence-corrected chi connectivity index (χ2v) is 8.11. The van der Waals surface area contributed by atoms with Crippen LogP contribution in [0.3, 0.4) is 0 Å². The summed E-state index contributed by atoms with van der Waals surface area (Å²) in [6.45, 7) is 0.513. The number of fused-ring (bicyclic) bond motifs is 2. The van der Waals surface area contributed by atoms with Gasteiger partial charge in [-0.3, -0.25) is 9.78 Å². The van der Waals surface area contributed by atoms with Crippen molar-refractivity contribution < 1.29 is 14.3 Å². The molecule has 1 unspecified atom stereocenters. The van der Waals surface area contributed by atoms with Gasteiger partial charge in [0.15, 0.2) is 12.4 Å². The van der Waals surface area contributed by atoms with E-state index in [0.29, 0.717) is 24.1 Å². The Labute approximate surface area is 168 Å². The van der Waals surface area contributed by atoms with Gasteiger partial charge in [-0.05, 0) is 49.2 Å². The van der Waals surface area contributed by atoms with Gasteiger partial charge >= 0.3 is 5.97 Å². The van der Waals surface area contributed by atoms with E-state index in [1.165, 1.54) is 34.4 Å². The van der Waals surface area contributed by atoms with Gasteiger partial charge in [-0.25, -0.2) is 4.79 Å². The van der Waals surface area contributed by atoms with Gasteiger partial charge in [-0.15, -0.1) is 0 Å². The smallest absolute Gasteiger partial charge is 0.338 e. The number of pyridine rings is 1. The minimum absolute atomic E-state index is 0.00949. The molecule has 3 heterocycles. The van der Waals surface area contributed by atoms with E-state index in [4.69, 9.17) is 4.74 Å². The van der Waals surface area contributed by atoms with Crippen molar-refractivity contribution in [1.29, 1.82) is 0 Å². The number of hydrogen-bond donors (Lipinski definition) is 1. The molecule has 0 radical (unpaired) electrons. The Balaban J connectivity index is 1.32. The zero-order valence-electron chi connectivity index (χ0n) is 16.3. The van der Waals surface area contributed by atoms with Crippen molar-refractivity contribution in [3.05, 3.63) is 65.6 Å². The number of hydrogen-bond acceptors (Lipinski definition) is 5. The normalized spacial score (nSPS) is 23.6. The van der Waals surface area contributed by atoms with Gasteiger partial charge in [0.05, 0.1) is 5.56 Å². The first-order chi connectivity index (χ1) is 14.1. The standard InChI is InChI=1S/C23H23N3O3/c1-26-12-16(21(27)13-29-23(28)14-5-7-24-8-6-14)9-18-17-3-2-4-19-22(17)15(11-25-19)10-20(18)26/h2-8,11,16,18,20,25H,9-10,12-13H2,1H3/t16?,18-,20-/m1/s1. The fourth-order valence-electron chi connectivity index (χ4n) is 5.00. The molecule has 1 saturated heterocycles. The van der Waals surface area contributed by atoms with E-state index in [-0.39, 0.29) is 18.3 Å². The Morgan fingerprint density at radius 3 is 2.90 bits per heavy atom. The number of aromatic amines is 1. The van der Waals surface area contributed by atoms with Crippen molar-refractivity contribution in [2.24, 2.45) is 5.92 Å². The van der Waals surface area contributed by atoms with Crippen LogP contribution in [0.25, 0.3) is 10.9 Å². The molecule has 3 aromatic rings. The Hall–Kier alpha value is -2.99. The Kier molecular flexibility index (Phi) is 4.43. The quantitative estimate of drug-likeness (QED) is 0.695. The fraction of sp³-hybridized carbons (Fsp3) is 0.348. The highest BCUT2D eigenvalue weighted by Crippen LogP contribution is 2.44. The predicted octanol–water partition coefficient (Wildman–Crippen LogP) is 2.95. The molecule has 1 aliphatic carbocycles. The van der Waals surface area contributed by atoms with Gasteiger partial charge in [0.25, 0.3) is 0 Å². The number of nitrogens with zero attached hydrogens (tertiary/aromatic N) is 2. The number of esters is 1. The fourth-order valence-corrected chi connectivity index (χ4v) is 5.00. The first-order valence-electron chi connectivity index (χ1n) is 10.0. The summed E-state index contributed by atoms with van der Waals surface area (Å²) in [5, 5.41) is 1.32. The highest BCUT2D eigenvalue weighted by Gasteiger charge is 2.41. The van der Waals surface area contributed by atoms with Crippen molar-refractivity contribution in [3.8, 4) is 0 Å². The van der Waals surface area contributed by atoms with E-state index in [1.807, 2.05) is 0 Å². The van der Waals surface area contributed by atoms with Gasteiger partial charge in [0.1, 0.15) is 0 Å². The molecular formula is C23H23N3O3. The number of likely N-dealkylation sites (N-methyl/N-ethyl adjacent to an activating group) is 1. The lowest BCUT2D eigenvalue weighted by atomic mass is 9.72. The van der Waals surface area contributed by atoms with E-state index >= 15 is 0 Å². The zero-order valence-corrected chi connectivity index (χ0v) is 16.3. The third kappa shape index (κ3) is 3.13. The molecular weight excluding hydrogens is 366 g/mol. The van der Waals surface area contributed by atoms with Gasteiger partial charge in [0.2, 0.25) is 0 Å². The van der Waals surface area contributed by atoms with Crippen LogP contribution < -0.4 is 0 Å². The highest BCUT2D eigenvalue weighted by molar-refractivity contribution is 5.92. The minimum atomic E-state index is -0.484. The molecule has 1 fully saturated rings. The predicted molar refractivity (Wildman–Crippen MR) is 109 cm³/mol. The van der Waals surface area contributed by atoms with Crippen molar-refractivity contribution >= 4 is 22.7 Å². The van der Waals surface area contributed by atoms with E-state index < -0.39 is 5.97 Å². The molecule has 5 rings (SSSR count). The molecule has 0 amide bonds. The van der Waals surface area contributed by atoms with Crippen LogP contribution in [0.1, 0.15) is 33.8 Å². The molecule has 29 heavy (non-hydrogen) atoms. The first kappa shape index (κ1) is 18.1. The Bertz CT molecular complexity index is 1080. The SMILES string of the molecule is CN1CC(C(=O)COC(=O)c2ccncc2)C[C@@H]2c3cccc4[nH]cc(c34)C[C@H]21. The number of rotatable bonds is 4. The zero-order chi connectivity index (χ0) is 20.0. The van der Waals surface area contributed by atoms with Gasteiger partial charge in [-0.2, -0.15) is 0 Å². The van der Waals surface area contributed by atoms with Crippen molar-refractivity contribution in [1.82, 2.24) is 14.9 Å². The van der Waals surface area contributed by atoms with Crippen LogP contribution >= 0.6 is 0 Å². The first-order valence-corrected chi connectivity index (χ1v) is 10.0. The summed E-state index contributed by atoms with van der Waals surface area (Å²) in [6, 6.07) is 9.96. The van der Waals surface area contributed by atoms with Crippen molar-refractivity contribution in [2.75, 3.05) is 20.2 Å². The molecule has 2 aliphatic rings. The highest BCUT2D eigenvalue weighted by atomic mass is 16.5. The number of aromatic nitrogens is 2. The Morgan fingerprint density at radius 1 is 1.24 bits per heavy atom. The summed E-state index contributed by atoms with van der Waals surface area (Å²) in [5.74, 6) is -0.320. The molecule has 0 saturated carbocycles. The van der Waals surface area contributed by atoms with Crippen LogP contribution in [0.5, 0.6) is 0 Å². The maximum absolute atomic E-state index is 12.9. The number of Topliss-reactive ketones (excluding diaryl/α,β-unsaturated/α-hetero) is 1. The molecule has 1 aliphatic heterocycles. The monoisotopic (exact) mass is 389 g/mol. The third-order valence-electron chi connectivity index (χ3n) is 6.44. The van der Waals surface area contributed by atoms with Gasteiger partial charge < -0.3 is 14.6 Å². The lowest BCUT2D eigenvalue weighted by Crippen LogP contribution is -2.50. The molecule has 6 heteroatoms. The maximum atomic E-state index is 12.9. The van der Waals surface area contributed by atoms with Crippen LogP contribution in [0, 0.1) is 5.92 Å². The molecule has 6 nitrogen and oxygen atoms in total. The van der Waals surface area contributed by atoms with Crippen LogP contribution in [-0.4, -0.2) is 52.9 Å². The van der Waals surface area contributed by atoms with Crippen molar-refractivity contribution in [3.63, 3.8) is 0 Å².